The average molecular weight is 275 g/mol. The number of nitrogens with one attached hydrogen (secondary N) is 1. The molecule has 0 amide bonds. The summed E-state index contributed by atoms with van der Waals surface area (Å²) >= 11 is 2.58. The number of thiophene rings is 1. The van der Waals surface area contributed by atoms with Gasteiger partial charge in [0.15, 0.2) is 5.82 Å². The topological polar surface area (TPSA) is 72.0 Å². The highest BCUT2D eigenvalue weighted by Gasteiger charge is 2.12. The van der Waals surface area contributed by atoms with Crippen molar-refractivity contribution in [2.75, 3.05) is 11.0 Å². The lowest BCUT2D eigenvalue weighted by Gasteiger charge is -1.95. The van der Waals surface area contributed by atoms with Gasteiger partial charge in [-0.3, -0.25) is 4.72 Å². The van der Waals surface area contributed by atoms with Gasteiger partial charge in [-0.05, 0) is 23.9 Å². The fourth-order valence-corrected chi connectivity index (χ4v) is 3.43. The molecule has 0 aliphatic rings. The number of anilines is 1. The molecule has 8 heteroatoms. The van der Waals surface area contributed by atoms with Gasteiger partial charge in [0.1, 0.15) is 0 Å². The summed E-state index contributed by atoms with van der Waals surface area (Å²) in [5, 5.41) is 2.25. The van der Waals surface area contributed by atoms with Gasteiger partial charge in [-0.1, -0.05) is 0 Å². The maximum atomic E-state index is 11.0. The number of nitrogens with zero attached hydrogens (tertiary/aromatic N) is 2. The van der Waals surface area contributed by atoms with Gasteiger partial charge in [-0.2, -0.15) is 9.36 Å². The van der Waals surface area contributed by atoms with Crippen molar-refractivity contribution in [3.63, 3.8) is 0 Å². The molecule has 0 spiro atoms. The third kappa shape index (κ3) is 2.57. The van der Waals surface area contributed by atoms with E-state index in [0.29, 0.717) is 11.0 Å². The molecule has 0 unspecified atom stereocenters. The van der Waals surface area contributed by atoms with E-state index in [9.17, 15) is 8.42 Å². The van der Waals surface area contributed by atoms with E-state index in [1.165, 1.54) is 11.3 Å². The summed E-state index contributed by atoms with van der Waals surface area (Å²) in [5.41, 5.74) is 1.09. The van der Waals surface area contributed by atoms with Gasteiger partial charge in [0.05, 0.1) is 11.1 Å². The van der Waals surface area contributed by atoms with Gasteiger partial charge in [0, 0.05) is 11.5 Å². The van der Waals surface area contributed by atoms with Crippen molar-refractivity contribution in [1.29, 1.82) is 0 Å². The van der Waals surface area contributed by atoms with Crippen molar-refractivity contribution in [3.8, 4) is 10.7 Å². The predicted octanol–water partition coefficient (Wildman–Crippen LogP) is 1.95. The average Bonchev–Trinajstić information content (AvgIpc) is 2.71. The van der Waals surface area contributed by atoms with Crippen molar-refractivity contribution in [2.24, 2.45) is 0 Å². The third-order valence-corrected chi connectivity index (χ3v) is 4.10. The zero-order valence-electron chi connectivity index (χ0n) is 8.59. The summed E-state index contributed by atoms with van der Waals surface area (Å²) < 4.78 is 28.4. The van der Waals surface area contributed by atoms with Crippen LogP contribution in [0.25, 0.3) is 10.7 Å². The molecule has 0 saturated carbocycles. The van der Waals surface area contributed by atoms with E-state index in [2.05, 4.69) is 14.1 Å². The second-order valence-corrected chi connectivity index (χ2v) is 6.65. The molecule has 16 heavy (non-hydrogen) atoms. The first kappa shape index (κ1) is 11.5. The number of aromatic nitrogens is 2. The van der Waals surface area contributed by atoms with Gasteiger partial charge in [0.25, 0.3) is 0 Å². The van der Waals surface area contributed by atoms with Crippen LogP contribution in [0.4, 0.5) is 5.13 Å². The number of hydrogen-bond donors (Lipinski definition) is 1. The van der Waals surface area contributed by atoms with E-state index >= 15 is 0 Å². The Morgan fingerprint density at radius 2 is 2.19 bits per heavy atom. The van der Waals surface area contributed by atoms with Crippen LogP contribution >= 0.6 is 22.9 Å². The van der Waals surface area contributed by atoms with Gasteiger partial charge in [-0.15, -0.1) is 11.3 Å². The van der Waals surface area contributed by atoms with E-state index in [4.69, 9.17) is 0 Å². The van der Waals surface area contributed by atoms with Crippen LogP contribution in [-0.2, 0) is 10.0 Å². The summed E-state index contributed by atoms with van der Waals surface area (Å²) in [6.45, 7) is 1.97. The van der Waals surface area contributed by atoms with E-state index in [-0.39, 0.29) is 0 Å². The molecule has 0 aliphatic heterocycles. The maximum absolute atomic E-state index is 11.0. The van der Waals surface area contributed by atoms with Crippen LogP contribution in [-0.4, -0.2) is 24.0 Å². The van der Waals surface area contributed by atoms with Crippen LogP contribution in [0.15, 0.2) is 11.4 Å². The molecule has 2 rings (SSSR count). The van der Waals surface area contributed by atoms with Gasteiger partial charge in [-0.25, -0.2) is 8.42 Å². The van der Waals surface area contributed by atoms with E-state index in [1.807, 2.05) is 18.4 Å². The lowest BCUT2D eigenvalue weighted by atomic mass is 10.3. The Morgan fingerprint density at radius 3 is 2.75 bits per heavy atom. The first-order valence-corrected chi connectivity index (χ1v) is 7.86. The third-order valence-electron chi connectivity index (χ3n) is 1.76. The Morgan fingerprint density at radius 1 is 1.44 bits per heavy atom. The number of rotatable bonds is 3. The van der Waals surface area contributed by atoms with Crippen LogP contribution in [0.3, 0.4) is 0 Å². The summed E-state index contributed by atoms with van der Waals surface area (Å²) in [5.74, 6) is 0.573. The lowest BCUT2D eigenvalue weighted by Crippen LogP contribution is -2.08. The van der Waals surface area contributed by atoms with Crippen LogP contribution in [0.1, 0.15) is 5.56 Å². The molecule has 0 aliphatic carbocycles. The van der Waals surface area contributed by atoms with E-state index in [0.717, 1.165) is 28.2 Å². The van der Waals surface area contributed by atoms with Crippen molar-refractivity contribution in [2.45, 2.75) is 6.92 Å². The second-order valence-electron chi connectivity index (χ2n) is 3.23. The minimum atomic E-state index is -3.28. The predicted molar refractivity (Wildman–Crippen MR) is 66.4 cm³/mol. The molecule has 2 heterocycles. The Labute approximate surface area is 101 Å². The first-order chi connectivity index (χ1) is 7.46. The summed E-state index contributed by atoms with van der Waals surface area (Å²) in [6.07, 6.45) is 1.09. The zero-order chi connectivity index (χ0) is 11.8. The van der Waals surface area contributed by atoms with E-state index < -0.39 is 10.0 Å². The number of sulfonamides is 1. The highest BCUT2D eigenvalue weighted by Crippen LogP contribution is 2.28. The molecule has 0 fully saturated rings. The smallest absolute Gasteiger partial charge is 0.231 e. The second kappa shape index (κ2) is 4.11. The molecule has 0 bridgehead atoms. The highest BCUT2D eigenvalue weighted by molar-refractivity contribution is 7.92. The monoisotopic (exact) mass is 275 g/mol. The Hall–Kier alpha value is -0.990. The molecule has 0 radical (unpaired) electrons. The van der Waals surface area contributed by atoms with E-state index in [1.54, 1.807) is 0 Å². The molecule has 5 nitrogen and oxygen atoms in total. The Kier molecular flexibility index (Phi) is 2.96. The number of hydrogen-bond acceptors (Lipinski definition) is 6. The summed E-state index contributed by atoms with van der Waals surface area (Å²) in [4.78, 5) is 5.10. The van der Waals surface area contributed by atoms with Crippen LogP contribution < -0.4 is 4.72 Å². The fraction of sp³-hybridized carbons (Fsp3) is 0.250. The van der Waals surface area contributed by atoms with Gasteiger partial charge >= 0.3 is 0 Å². The minimum absolute atomic E-state index is 0.297. The largest absolute Gasteiger partial charge is 0.258 e. The molecule has 2 aromatic rings. The highest BCUT2D eigenvalue weighted by atomic mass is 32.2. The zero-order valence-corrected chi connectivity index (χ0v) is 11.0. The fourth-order valence-electron chi connectivity index (χ4n) is 1.12. The van der Waals surface area contributed by atoms with Crippen molar-refractivity contribution in [1.82, 2.24) is 9.36 Å². The Balaban J connectivity index is 2.30. The molecule has 0 aromatic carbocycles. The van der Waals surface area contributed by atoms with Crippen LogP contribution in [0.5, 0.6) is 0 Å². The lowest BCUT2D eigenvalue weighted by molar-refractivity contribution is 0.607. The molecular weight excluding hydrogens is 266 g/mol. The van der Waals surface area contributed by atoms with Crippen LogP contribution in [0, 0.1) is 6.92 Å². The normalized spacial score (nSPS) is 11.6. The number of aryl methyl sites for hydroxylation is 1. The minimum Gasteiger partial charge on any atom is -0.258 e. The SMILES string of the molecule is Cc1ccsc1-c1nsc(NS(C)(=O)=O)n1. The molecule has 0 saturated heterocycles. The summed E-state index contributed by atoms with van der Waals surface area (Å²) in [7, 11) is -3.28. The van der Waals surface area contributed by atoms with Crippen molar-refractivity contribution < 1.29 is 8.42 Å². The van der Waals surface area contributed by atoms with Crippen LogP contribution in [0.2, 0.25) is 0 Å². The summed E-state index contributed by atoms with van der Waals surface area (Å²) in [6, 6.07) is 1.98. The molecule has 0 atom stereocenters. The standard InChI is InChI=1S/C8H9N3O2S3/c1-5-3-4-14-6(5)7-9-8(15-10-7)11-16(2,12)13/h3-4H,1-2H3,(H,9,10,11). The quantitative estimate of drug-likeness (QED) is 0.929. The molecule has 1 N–H and O–H groups in total. The molecular formula is C8H9N3O2S3. The van der Waals surface area contributed by atoms with Gasteiger partial charge < -0.3 is 0 Å². The van der Waals surface area contributed by atoms with Crippen molar-refractivity contribution >= 4 is 38.0 Å². The van der Waals surface area contributed by atoms with Crippen molar-refractivity contribution in [3.05, 3.63) is 17.0 Å². The van der Waals surface area contributed by atoms with Gasteiger partial charge in [0.2, 0.25) is 15.2 Å². The Bertz CT molecular complexity index is 600. The first-order valence-electron chi connectivity index (χ1n) is 4.32. The molecule has 86 valence electrons. The molecule has 2 aromatic heterocycles. The maximum Gasteiger partial charge on any atom is 0.231 e.